The largest absolute Gasteiger partial charge is 0.359 e. The Morgan fingerprint density at radius 1 is 0.381 bits per heavy atom. The Kier molecular flexibility index (Phi) is 27.9. The number of anilines is 3. The highest BCUT2D eigenvalue weighted by Crippen LogP contribution is 2.33. The molecule has 4 aromatic heterocycles. The smallest absolute Gasteiger partial charge is 0.242 e. The number of amides is 6. The Bertz CT molecular complexity index is 4810. The number of nitrogens with zero attached hydrogens (tertiary/aromatic N) is 4. The number of pyridine rings is 4. The van der Waals surface area contributed by atoms with Gasteiger partial charge in [-0.1, -0.05) is 146 Å². The average Bonchev–Trinajstić information content (AvgIpc) is 0.766. The molecule has 536 valence electrons. The van der Waals surface area contributed by atoms with Crippen LogP contribution >= 0.6 is 0 Å². The first-order chi connectivity index (χ1) is 50.8. The number of ketones is 4. The van der Waals surface area contributed by atoms with Gasteiger partial charge in [-0.15, -0.1) is 0 Å². The SMILES string of the molecule is CNC(=O)CCCC(=O)Nc1ccc(C(C)(C(=O)Cc2cccc3cccnc23)C(=O)Nc2cccc3cccnc23)cc1.CNC(=O)CCCC(=O)Nc1ccc(C(C)C(=O)Cc2cccc3cccnc23)cc1.CNC(=O)CCCCC(=O)c1ccc(CC(=O)Cc2cccc3cccnc23)cc1. The summed E-state index contributed by atoms with van der Waals surface area (Å²) in [5.74, 6) is -1.36. The summed E-state index contributed by atoms with van der Waals surface area (Å²) in [6.07, 6.45) is 12.0. The minimum absolute atomic E-state index is 0.00393. The van der Waals surface area contributed by atoms with Crippen LogP contribution in [0.25, 0.3) is 43.6 Å². The van der Waals surface area contributed by atoms with Crippen LogP contribution in [0.2, 0.25) is 0 Å². The molecule has 11 rings (SSSR count). The third-order valence-corrected chi connectivity index (χ3v) is 18.3. The van der Waals surface area contributed by atoms with Crippen molar-refractivity contribution < 1.29 is 47.9 Å². The number of fused-ring (bicyclic) bond motifs is 4. The van der Waals surface area contributed by atoms with Crippen molar-refractivity contribution in [3.63, 3.8) is 0 Å². The molecule has 0 fully saturated rings. The summed E-state index contributed by atoms with van der Waals surface area (Å²) in [7, 11) is 4.74. The normalized spacial score (nSPS) is 11.7. The van der Waals surface area contributed by atoms with Crippen molar-refractivity contribution in [3.8, 4) is 0 Å². The van der Waals surface area contributed by atoms with Crippen LogP contribution in [0.3, 0.4) is 0 Å². The van der Waals surface area contributed by atoms with Crippen molar-refractivity contribution in [2.24, 2.45) is 0 Å². The molecule has 6 amide bonds. The molecule has 0 bridgehead atoms. The molecular weight excluding hydrogens is 1320 g/mol. The number of carbonyl (C=O) groups is 10. The van der Waals surface area contributed by atoms with Crippen molar-refractivity contribution in [1.29, 1.82) is 0 Å². The number of benzene rings is 7. The zero-order valence-corrected chi connectivity index (χ0v) is 59.6. The lowest BCUT2D eigenvalue weighted by Gasteiger charge is -2.28. The fourth-order valence-electron chi connectivity index (χ4n) is 12.1. The molecule has 0 spiro atoms. The standard InChI is InChI=1S/C35H33N5O4.C25H27N3O3.C25H26N2O3/c1-35(29(41)22-25-10-3-8-23-11-6-20-37-32(23)25,34(44)40-28-13-4-9-24-12-7-21-38-33(24)28)26-16-18-27(19-17-26)39-31(43)15-5-14-30(42)36-2;1-17(22(29)16-20-7-3-6-19-8-5-15-27-25(19)20)18-11-13-21(14-12-18)28-24(31)10-4-9-23(30)26-2;1-26-24(30)10-3-2-9-23(29)19-13-11-18(12-14-19)16-22(28)17-21-7-4-6-20-8-5-15-27-25(20)21/h3-4,6-13,16-21H,5,14-15,22H2,1-2H3,(H,36,42)(H,39,43)(H,40,44);3,5-8,11-15,17H,4,9-10,16H2,1-2H3,(H,26,30)(H,28,31);4-8,11-15H,2-3,9-10,16-17H2,1H3,(H,26,30). The van der Waals surface area contributed by atoms with Crippen LogP contribution in [-0.2, 0) is 74.2 Å². The predicted molar refractivity (Wildman–Crippen MR) is 410 cm³/mol. The van der Waals surface area contributed by atoms with Crippen LogP contribution in [-0.4, -0.2) is 99.7 Å². The van der Waals surface area contributed by atoms with Gasteiger partial charge in [-0.05, 0) is 121 Å². The zero-order valence-electron chi connectivity index (χ0n) is 59.6. The number of rotatable bonds is 30. The highest BCUT2D eigenvalue weighted by Gasteiger charge is 2.43. The maximum absolute atomic E-state index is 14.2. The van der Waals surface area contributed by atoms with E-state index in [0.29, 0.717) is 103 Å². The van der Waals surface area contributed by atoms with Gasteiger partial charge in [-0.3, -0.25) is 67.9 Å². The molecule has 20 heteroatoms. The summed E-state index contributed by atoms with van der Waals surface area (Å²) in [6, 6.07) is 59.5. The lowest BCUT2D eigenvalue weighted by molar-refractivity contribution is -0.133. The van der Waals surface area contributed by atoms with Gasteiger partial charge in [0.05, 0.1) is 27.8 Å². The summed E-state index contributed by atoms with van der Waals surface area (Å²) in [4.78, 5) is 142. The molecule has 0 aliphatic rings. The van der Waals surface area contributed by atoms with E-state index >= 15 is 0 Å². The zero-order chi connectivity index (χ0) is 74.7. The van der Waals surface area contributed by atoms with Crippen LogP contribution in [0.4, 0.5) is 17.1 Å². The lowest BCUT2D eigenvalue weighted by atomic mass is 9.75. The molecule has 0 saturated carbocycles. The maximum Gasteiger partial charge on any atom is 0.242 e. The van der Waals surface area contributed by atoms with Gasteiger partial charge in [-0.2, -0.15) is 0 Å². The fraction of sp³-hybridized carbons (Fsp3) is 0.247. The van der Waals surface area contributed by atoms with E-state index < -0.39 is 11.3 Å². The minimum Gasteiger partial charge on any atom is -0.359 e. The molecule has 11 aromatic rings. The van der Waals surface area contributed by atoms with Gasteiger partial charge in [0.1, 0.15) is 17.0 Å². The summed E-state index contributed by atoms with van der Waals surface area (Å²) >= 11 is 0. The van der Waals surface area contributed by atoms with Gasteiger partial charge >= 0.3 is 0 Å². The third kappa shape index (κ3) is 21.6. The second kappa shape index (κ2) is 38.1. The van der Waals surface area contributed by atoms with Crippen molar-refractivity contribution in [2.75, 3.05) is 37.1 Å². The number of carbonyl (C=O) groups excluding carboxylic acids is 10. The predicted octanol–water partition coefficient (Wildman–Crippen LogP) is 13.4. The Morgan fingerprint density at radius 3 is 1.27 bits per heavy atom. The number of unbranched alkanes of at least 4 members (excludes halogenated alkanes) is 1. The number of nitrogens with one attached hydrogen (secondary N) is 6. The van der Waals surface area contributed by atoms with Crippen LogP contribution in [0.5, 0.6) is 0 Å². The summed E-state index contributed by atoms with van der Waals surface area (Å²) < 4.78 is 0. The van der Waals surface area contributed by atoms with Gasteiger partial charge in [0.2, 0.25) is 35.4 Å². The van der Waals surface area contributed by atoms with E-state index in [1.165, 1.54) is 0 Å². The second-order valence-corrected chi connectivity index (χ2v) is 25.6. The number of aromatic nitrogens is 4. The molecule has 20 nitrogen and oxygen atoms in total. The van der Waals surface area contributed by atoms with E-state index in [-0.39, 0.29) is 84.3 Å². The summed E-state index contributed by atoms with van der Waals surface area (Å²) in [5, 5.41) is 20.1. The lowest BCUT2D eigenvalue weighted by Crippen LogP contribution is -2.45. The molecular formula is C85H86N10O10. The topological polar surface area (TPSA) is 294 Å². The Labute approximate surface area is 610 Å². The third-order valence-electron chi connectivity index (χ3n) is 18.3. The summed E-state index contributed by atoms with van der Waals surface area (Å²) in [5.41, 5.74) is 8.64. The quantitative estimate of drug-likeness (QED) is 0.0139. The highest BCUT2D eigenvalue weighted by molar-refractivity contribution is 6.18. The van der Waals surface area contributed by atoms with E-state index in [4.69, 9.17) is 0 Å². The highest BCUT2D eigenvalue weighted by atomic mass is 16.2. The molecule has 7 aromatic carbocycles. The molecule has 2 unspecified atom stereocenters. The number of Topliss-reactive ketones (excluding diaryl/α,β-unsaturated/α-hetero) is 4. The molecule has 105 heavy (non-hydrogen) atoms. The van der Waals surface area contributed by atoms with Gasteiger partial charge in [0.25, 0.3) is 0 Å². The van der Waals surface area contributed by atoms with Crippen molar-refractivity contribution >= 4 is 119 Å². The van der Waals surface area contributed by atoms with E-state index in [1.54, 1.807) is 107 Å². The number of hydrogen-bond donors (Lipinski definition) is 6. The molecule has 0 aliphatic carbocycles. The van der Waals surface area contributed by atoms with Gasteiger partial charge in [0.15, 0.2) is 11.6 Å². The number of para-hydroxylation sites is 4. The molecule has 4 heterocycles. The van der Waals surface area contributed by atoms with E-state index in [2.05, 4.69) is 51.8 Å². The van der Waals surface area contributed by atoms with Crippen LogP contribution in [0.15, 0.2) is 219 Å². The van der Waals surface area contributed by atoms with E-state index in [9.17, 15) is 47.9 Å². The van der Waals surface area contributed by atoms with E-state index in [1.807, 2.05) is 146 Å². The molecule has 2 atom stereocenters. The van der Waals surface area contributed by atoms with Crippen molar-refractivity contribution in [3.05, 3.63) is 258 Å². The van der Waals surface area contributed by atoms with Crippen molar-refractivity contribution in [2.45, 2.75) is 115 Å². The van der Waals surface area contributed by atoms with Crippen LogP contribution in [0, 0.1) is 0 Å². The first-order valence-corrected chi connectivity index (χ1v) is 35.1. The van der Waals surface area contributed by atoms with Crippen LogP contribution in [0.1, 0.15) is 128 Å². The van der Waals surface area contributed by atoms with Crippen molar-refractivity contribution in [1.82, 2.24) is 35.9 Å². The maximum atomic E-state index is 14.2. The first-order valence-electron chi connectivity index (χ1n) is 35.1. The first kappa shape index (κ1) is 76.9. The second-order valence-electron chi connectivity index (χ2n) is 25.6. The van der Waals surface area contributed by atoms with Gasteiger partial charge in [-0.25, -0.2) is 0 Å². The Balaban J connectivity index is 0.000000188. The average molecular weight is 1410 g/mol. The van der Waals surface area contributed by atoms with Gasteiger partial charge < -0.3 is 31.9 Å². The monoisotopic (exact) mass is 1410 g/mol. The molecule has 0 saturated heterocycles. The van der Waals surface area contributed by atoms with Crippen LogP contribution < -0.4 is 31.9 Å². The Morgan fingerprint density at radius 2 is 0.781 bits per heavy atom. The Hall–Kier alpha value is -12.3. The number of hydrogen-bond acceptors (Lipinski definition) is 14. The minimum atomic E-state index is -1.59. The summed E-state index contributed by atoms with van der Waals surface area (Å²) in [6.45, 7) is 3.52. The fourth-order valence-corrected chi connectivity index (χ4v) is 12.1. The van der Waals surface area contributed by atoms with E-state index in [0.717, 1.165) is 60.4 Å². The molecule has 0 aliphatic heterocycles. The van der Waals surface area contributed by atoms with Gasteiger partial charge in [0, 0.05) is 155 Å². The molecule has 6 N–H and O–H groups in total. The molecule has 0 radical (unpaired) electrons.